The molecule has 2 aromatic rings. The summed E-state index contributed by atoms with van der Waals surface area (Å²) in [5.41, 5.74) is 7.75. The van der Waals surface area contributed by atoms with Gasteiger partial charge in [0.1, 0.15) is 18.0 Å². The molecule has 0 atom stereocenters. The summed E-state index contributed by atoms with van der Waals surface area (Å²) in [7, 11) is 0. The summed E-state index contributed by atoms with van der Waals surface area (Å²) in [5, 5.41) is 1.10. The van der Waals surface area contributed by atoms with Gasteiger partial charge in [-0.05, 0) is 18.4 Å². The van der Waals surface area contributed by atoms with Gasteiger partial charge in [-0.25, -0.2) is 0 Å². The second-order valence-electron chi connectivity index (χ2n) is 4.94. The molecule has 2 rings (SSSR count). The highest BCUT2D eigenvalue weighted by molar-refractivity contribution is 5.82. The molecule has 1 aromatic heterocycles. The SMILES string of the molecule is CC(C)CCOCc1oc2ccccc2c1CN. The van der Waals surface area contributed by atoms with Gasteiger partial charge in [-0.1, -0.05) is 32.0 Å². The summed E-state index contributed by atoms with van der Waals surface area (Å²) in [5.74, 6) is 1.53. The molecule has 0 amide bonds. The average Bonchev–Trinajstić information content (AvgIpc) is 2.71. The molecule has 3 heteroatoms. The van der Waals surface area contributed by atoms with Crippen molar-refractivity contribution in [1.29, 1.82) is 0 Å². The van der Waals surface area contributed by atoms with Gasteiger partial charge in [0.25, 0.3) is 0 Å². The Morgan fingerprint density at radius 3 is 2.78 bits per heavy atom. The summed E-state index contributed by atoms with van der Waals surface area (Å²) in [6, 6.07) is 7.97. The maximum absolute atomic E-state index is 5.80. The second-order valence-corrected chi connectivity index (χ2v) is 4.94. The molecule has 0 aliphatic rings. The highest BCUT2D eigenvalue weighted by atomic mass is 16.5. The molecule has 0 aliphatic carbocycles. The fourth-order valence-corrected chi connectivity index (χ4v) is 1.97. The lowest BCUT2D eigenvalue weighted by atomic mass is 10.1. The molecule has 3 nitrogen and oxygen atoms in total. The van der Waals surface area contributed by atoms with Crippen LogP contribution in [0.1, 0.15) is 31.6 Å². The van der Waals surface area contributed by atoms with Crippen LogP contribution in [0.5, 0.6) is 0 Å². The van der Waals surface area contributed by atoms with Gasteiger partial charge in [0.05, 0.1) is 0 Å². The van der Waals surface area contributed by atoms with Gasteiger partial charge in [-0.2, -0.15) is 0 Å². The molecule has 98 valence electrons. The van der Waals surface area contributed by atoms with Crippen molar-refractivity contribution in [2.75, 3.05) is 6.61 Å². The van der Waals surface area contributed by atoms with Crippen LogP contribution in [-0.2, 0) is 17.9 Å². The third-order valence-electron chi connectivity index (χ3n) is 3.06. The molecule has 0 saturated carbocycles. The first-order valence-electron chi connectivity index (χ1n) is 6.49. The van der Waals surface area contributed by atoms with Crippen molar-refractivity contribution in [1.82, 2.24) is 0 Å². The lowest BCUT2D eigenvalue weighted by molar-refractivity contribution is 0.0974. The zero-order valence-corrected chi connectivity index (χ0v) is 11.1. The molecule has 1 heterocycles. The van der Waals surface area contributed by atoms with E-state index in [1.807, 2.05) is 24.3 Å². The Kier molecular flexibility index (Phi) is 4.39. The quantitative estimate of drug-likeness (QED) is 0.795. The van der Waals surface area contributed by atoms with Crippen molar-refractivity contribution in [3.05, 3.63) is 35.6 Å². The summed E-state index contributed by atoms with van der Waals surface area (Å²) >= 11 is 0. The maximum Gasteiger partial charge on any atom is 0.135 e. The van der Waals surface area contributed by atoms with Crippen LogP contribution >= 0.6 is 0 Å². The highest BCUT2D eigenvalue weighted by Crippen LogP contribution is 2.26. The molecule has 0 saturated heterocycles. The number of para-hydroxylation sites is 1. The standard InChI is InChI=1S/C15H21NO2/c1-11(2)7-8-17-10-15-13(9-16)12-5-3-4-6-14(12)18-15/h3-6,11H,7-10,16H2,1-2H3. The third-order valence-corrected chi connectivity index (χ3v) is 3.06. The molecule has 0 spiro atoms. The fraction of sp³-hybridized carbons (Fsp3) is 0.467. The van der Waals surface area contributed by atoms with Crippen LogP contribution in [0.25, 0.3) is 11.0 Å². The van der Waals surface area contributed by atoms with Crippen molar-refractivity contribution in [2.24, 2.45) is 11.7 Å². The predicted octanol–water partition coefficient (Wildman–Crippen LogP) is 3.45. The Balaban J connectivity index is 2.08. The third kappa shape index (κ3) is 2.92. The van der Waals surface area contributed by atoms with Crippen LogP contribution in [0.4, 0.5) is 0 Å². The van der Waals surface area contributed by atoms with E-state index in [0.29, 0.717) is 19.1 Å². The number of nitrogens with two attached hydrogens (primary N) is 1. The van der Waals surface area contributed by atoms with Gasteiger partial charge < -0.3 is 14.9 Å². The summed E-state index contributed by atoms with van der Waals surface area (Å²) in [4.78, 5) is 0. The summed E-state index contributed by atoms with van der Waals surface area (Å²) in [6.45, 7) is 6.14. The minimum absolute atomic E-state index is 0.486. The molecule has 0 fully saturated rings. The normalized spacial score (nSPS) is 11.6. The van der Waals surface area contributed by atoms with Crippen LogP contribution < -0.4 is 5.73 Å². The maximum atomic E-state index is 5.80. The highest BCUT2D eigenvalue weighted by Gasteiger charge is 2.12. The zero-order valence-electron chi connectivity index (χ0n) is 11.1. The zero-order chi connectivity index (χ0) is 13.0. The van der Waals surface area contributed by atoms with Crippen LogP contribution in [0.2, 0.25) is 0 Å². The lowest BCUT2D eigenvalue weighted by Crippen LogP contribution is -2.03. The lowest BCUT2D eigenvalue weighted by Gasteiger charge is -2.05. The number of hydrogen-bond acceptors (Lipinski definition) is 3. The first-order chi connectivity index (χ1) is 8.72. The van der Waals surface area contributed by atoms with Gasteiger partial charge in [0, 0.05) is 24.1 Å². The Morgan fingerprint density at radius 1 is 1.28 bits per heavy atom. The Bertz CT molecular complexity index is 502. The number of hydrogen-bond donors (Lipinski definition) is 1. The van der Waals surface area contributed by atoms with Crippen molar-refractivity contribution in [2.45, 2.75) is 33.4 Å². The molecule has 0 bridgehead atoms. The monoisotopic (exact) mass is 247 g/mol. The largest absolute Gasteiger partial charge is 0.458 e. The van der Waals surface area contributed by atoms with E-state index >= 15 is 0 Å². The first kappa shape index (κ1) is 13.1. The number of ether oxygens (including phenoxy) is 1. The fourth-order valence-electron chi connectivity index (χ4n) is 1.97. The van der Waals surface area contributed by atoms with E-state index < -0.39 is 0 Å². The second kappa shape index (κ2) is 6.03. The van der Waals surface area contributed by atoms with Gasteiger partial charge >= 0.3 is 0 Å². The molecular weight excluding hydrogens is 226 g/mol. The molecule has 0 unspecified atom stereocenters. The van der Waals surface area contributed by atoms with E-state index in [1.54, 1.807) is 0 Å². The molecule has 2 N–H and O–H groups in total. The Labute approximate surface area is 108 Å². The molecule has 0 aliphatic heterocycles. The van der Waals surface area contributed by atoms with Crippen molar-refractivity contribution < 1.29 is 9.15 Å². The van der Waals surface area contributed by atoms with Crippen LogP contribution in [0, 0.1) is 5.92 Å². The first-order valence-corrected chi connectivity index (χ1v) is 6.49. The predicted molar refractivity (Wildman–Crippen MR) is 73.2 cm³/mol. The molecule has 0 radical (unpaired) electrons. The molecule has 1 aromatic carbocycles. The smallest absolute Gasteiger partial charge is 0.135 e. The van der Waals surface area contributed by atoms with Gasteiger partial charge in [-0.15, -0.1) is 0 Å². The van der Waals surface area contributed by atoms with Crippen LogP contribution in [-0.4, -0.2) is 6.61 Å². The number of furan rings is 1. The van der Waals surface area contributed by atoms with E-state index in [2.05, 4.69) is 13.8 Å². The van der Waals surface area contributed by atoms with Gasteiger partial charge in [0.2, 0.25) is 0 Å². The summed E-state index contributed by atoms with van der Waals surface area (Å²) in [6.07, 6.45) is 1.07. The van der Waals surface area contributed by atoms with Crippen LogP contribution in [0.3, 0.4) is 0 Å². The minimum atomic E-state index is 0.486. The van der Waals surface area contributed by atoms with E-state index in [9.17, 15) is 0 Å². The van der Waals surface area contributed by atoms with Gasteiger partial charge in [0.15, 0.2) is 0 Å². The van der Waals surface area contributed by atoms with E-state index in [1.165, 1.54) is 0 Å². The van der Waals surface area contributed by atoms with Crippen LogP contribution in [0.15, 0.2) is 28.7 Å². The van der Waals surface area contributed by atoms with Gasteiger partial charge in [-0.3, -0.25) is 0 Å². The van der Waals surface area contributed by atoms with Crippen molar-refractivity contribution in [3.8, 4) is 0 Å². The van der Waals surface area contributed by atoms with E-state index in [-0.39, 0.29) is 0 Å². The Morgan fingerprint density at radius 2 is 2.06 bits per heavy atom. The number of benzene rings is 1. The minimum Gasteiger partial charge on any atom is -0.458 e. The molecule has 18 heavy (non-hydrogen) atoms. The Hall–Kier alpha value is -1.32. The average molecular weight is 247 g/mol. The van der Waals surface area contributed by atoms with Crippen molar-refractivity contribution >= 4 is 11.0 Å². The topological polar surface area (TPSA) is 48.4 Å². The number of fused-ring (bicyclic) bond motifs is 1. The van der Waals surface area contributed by atoms with E-state index in [4.69, 9.17) is 14.9 Å². The van der Waals surface area contributed by atoms with E-state index in [0.717, 1.165) is 35.3 Å². The molecular formula is C15H21NO2. The summed E-state index contributed by atoms with van der Waals surface area (Å²) < 4.78 is 11.4. The number of rotatable bonds is 6. The van der Waals surface area contributed by atoms with Crippen molar-refractivity contribution in [3.63, 3.8) is 0 Å².